The molecule has 0 bridgehead atoms. The second kappa shape index (κ2) is 4.01. The molecule has 1 aromatic rings. The minimum atomic E-state index is -0.634. The van der Waals surface area contributed by atoms with E-state index >= 15 is 0 Å². The maximum absolute atomic E-state index is 10.4. The summed E-state index contributed by atoms with van der Waals surface area (Å²) in [7, 11) is 0. The Morgan fingerprint density at radius 2 is 2.29 bits per heavy atom. The number of non-ortho nitro benzene ring substituents is 1. The molecule has 7 nitrogen and oxygen atoms in total. The Morgan fingerprint density at radius 1 is 1.57 bits per heavy atom. The second-order valence-corrected chi connectivity index (χ2v) is 2.31. The Labute approximate surface area is 77.7 Å². The van der Waals surface area contributed by atoms with Gasteiger partial charge in [0.05, 0.1) is 10.6 Å². The van der Waals surface area contributed by atoms with Gasteiger partial charge >= 0.3 is 0 Å². The fraction of sp³-hybridized carbons (Fsp3) is 0. The van der Waals surface area contributed by atoms with Crippen LogP contribution in [0.2, 0.25) is 0 Å². The van der Waals surface area contributed by atoms with E-state index in [-0.39, 0.29) is 16.9 Å². The molecular weight excluding hydrogens is 188 g/mol. The first-order valence-electron chi connectivity index (χ1n) is 3.47. The number of carbonyl (C=O) groups excluding carboxylic acids is 1. The summed E-state index contributed by atoms with van der Waals surface area (Å²) in [5, 5.41) is 13.5. The van der Waals surface area contributed by atoms with E-state index in [1.165, 1.54) is 12.1 Å². The Hall–Kier alpha value is -2.40. The maximum atomic E-state index is 10.4. The Kier molecular flexibility index (Phi) is 2.78. The zero-order chi connectivity index (χ0) is 10.6. The van der Waals surface area contributed by atoms with Gasteiger partial charge in [0.2, 0.25) is 0 Å². The number of carbonyl (C=O) groups is 1. The maximum Gasteiger partial charge on any atom is 0.269 e. The van der Waals surface area contributed by atoms with Crippen LogP contribution in [0, 0.1) is 10.1 Å². The fourth-order valence-electron chi connectivity index (χ4n) is 0.880. The molecule has 0 heterocycles. The predicted molar refractivity (Wildman–Crippen MR) is 47.3 cm³/mol. The second-order valence-electron chi connectivity index (χ2n) is 2.31. The van der Waals surface area contributed by atoms with E-state index in [9.17, 15) is 14.9 Å². The van der Waals surface area contributed by atoms with Crippen molar-refractivity contribution >= 4 is 17.7 Å². The molecule has 0 radical (unpaired) electrons. The lowest BCUT2D eigenvalue weighted by molar-refractivity contribution is -0.384. The van der Waals surface area contributed by atoms with Crippen molar-refractivity contribution in [3.05, 3.63) is 44.3 Å². The van der Waals surface area contributed by atoms with Gasteiger partial charge in [-0.2, -0.15) is 0 Å². The van der Waals surface area contributed by atoms with E-state index in [4.69, 9.17) is 5.53 Å². The van der Waals surface area contributed by atoms with Gasteiger partial charge in [-0.3, -0.25) is 14.9 Å². The van der Waals surface area contributed by atoms with Gasteiger partial charge in [0.25, 0.3) is 5.69 Å². The molecule has 0 saturated carbocycles. The van der Waals surface area contributed by atoms with Gasteiger partial charge in [-0.05, 0) is 11.6 Å². The van der Waals surface area contributed by atoms with Crippen LogP contribution in [0.15, 0.2) is 23.3 Å². The third kappa shape index (κ3) is 1.85. The number of nitrogens with zero attached hydrogens (tertiary/aromatic N) is 4. The third-order valence-corrected chi connectivity index (χ3v) is 1.50. The summed E-state index contributed by atoms with van der Waals surface area (Å²) in [5.74, 6) is 0. The van der Waals surface area contributed by atoms with Gasteiger partial charge in [-0.25, -0.2) is 0 Å². The molecule has 0 amide bonds. The van der Waals surface area contributed by atoms with Crippen LogP contribution in [0.3, 0.4) is 0 Å². The number of azide groups is 1. The van der Waals surface area contributed by atoms with Crippen molar-refractivity contribution in [1.82, 2.24) is 0 Å². The predicted octanol–water partition coefficient (Wildman–Crippen LogP) is 2.35. The zero-order valence-electron chi connectivity index (χ0n) is 6.82. The van der Waals surface area contributed by atoms with Gasteiger partial charge < -0.3 is 0 Å². The van der Waals surface area contributed by atoms with Crippen LogP contribution < -0.4 is 0 Å². The van der Waals surface area contributed by atoms with E-state index in [0.717, 1.165) is 6.07 Å². The molecule has 0 aliphatic heterocycles. The molecule has 0 saturated heterocycles. The minimum Gasteiger partial charge on any atom is -0.298 e. The van der Waals surface area contributed by atoms with Crippen molar-refractivity contribution in [1.29, 1.82) is 0 Å². The zero-order valence-corrected chi connectivity index (χ0v) is 6.82. The van der Waals surface area contributed by atoms with E-state index in [1.807, 2.05) is 0 Å². The summed E-state index contributed by atoms with van der Waals surface area (Å²) in [4.78, 5) is 22.6. The SMILES string of the molecule is [N-]=[N+]=Nc1cc([N+](=O)[O-])ccc1C=O. The van der Waals surface area contributed by atoms with Crippen LogP contribution in [0.1, 0.15) is 10.4 Å². The number of hydrogen-bond donors (Lipinski definition) is 0. The van der Waals surface area contributed by atoms with Crippen LogP contribution in [0.4, 0.5) is 11.4 Å². The number of nitro benzene ring substituents is 1. The summed E-state index contributed by atoms with van der Waals surface area (Å²) >= 11 is 0. The monoisotopic (exact) mass is 192 g/mol. The molecule has 0 atom stereocenters. The first kappa shape index (κ1) is 9.69. The number of nitro groups is 1. The highest BCUT2D eigenvalue weighted by atomic mass is 16.6. The lowest BCUT2D eigenvalue weighted by atomic mass is 10.2. The first-order chi connectivity index (χ1) is 6.69. The molecule has 0 N–H and O–H groups in total. The Bertz CT molecular complexity index is 437. The third-order valence-electron chi connectivity index (χ3n) is 1.50. The average molecular weight is 192 g/mol. The highest BCUT2D eigenvalue weighted by Gasteiger charge is 2.08. The molecule has 0 aliphatic carbocycles. The average Bonchev–Trinajstić information content (AvgIpc) is 2.18. The molecule has 0 fully saturated rings. The van der Waals surface area contributed by atoms with E-state index in [0.29, 0.717) is 6.29 Å². The fourth-order valence-corrected chi connectivity index (χ4v) is 0.880. The van der Waals surface area contributed by atoms with Crippen molar-refractivity contribution < 1.29 is 9.72 Å². The summed E-state index contributed by atoms with van der Waals surface area (Å²) in [6.45, 7) is 0. The van der Waals surface area contributed by atoms with Gasteiger partial charge in [-0.15, -0.1) is 0 Å². The van der Waals surface area contributed by atoms with Crippen molar-refractivity contribution in [3.63, 3.8) is 0 Å². The van der Waals surface area contributed by atoms with Gasteiger partial charge in [-0.1, -0.05) is 5.11 Å². The first-order valence-corrected chi connectivity index (χ1v) is 3.47. The summed E-state index contributed by atoms with van der Waals surface area (Å²) < 4.78 is 0. The van der Waals surface area contributed by atoms with Crippen LogP contribution >= 0.6 is 0 Å². The highest BCUT2D eigenvalue weighted by Crippen LogP contribution is 2.23. The molecule has 70 valence electrons. The summed E-state index contributed by atoms with van der Waals surface area (Å²) in [5.41, 5.74) is 7.99. The largest absolute Gasteiger partial charge is 0.298 e. The molecule has 1 aromatic carbocycles. The van der Waals surface area contributed by atoms with E-state index in [2.05, 4.69) is 10.0 Å². The van der Waals surface area contributed by atoms with Crippen LogP contribution in [-0.4, -0.2) is 11.2 Å². The quantitative estimate of drug-likeness (QED) is 0.183. The van der Waals surface area contributed by atoms with Crippen LogP contribution in [0.25, 0.3) is 10.4 Å². The molecule has 0 aliphatic rings. The minimum absolute atomic E-state index is 0.0447. The van der Waals surface area contributed by atoms with E-state index < -0.39 is 4.92 Å². The molecule has 14 heavy (non-hydrogen) atoms. The smallest absolute Gasteiger partial charge is 0.269 e. The summed E-state index contributed by atoms with van der Waals surface area (Å²) in [6.07, 6.45) is 0.466. The molecule has 0 spiro atoms. The number of hydrogen-bond acceptors (Lipinski definition) is 4. The van der Waals surface area contributed by atoms with Crippen molar-refractivity contribution in [2.45, 2.75) is 0 Å². The van der Waals surface area contributed by atoms with Crippen LogP contribution in [0.5, 0.6) is 0 Å². The Balaban J connectivity index is 3.33. The molecule has 7 heteroatoms. The number of benzene rings is 1. The van der Waals surface area contributed by atoms with Gasteiger partial charge in [0, 0.05) is 22.6 Å². The standard InChI is InChI=1S/C7H4N4O3/c8-10-9-7-3-6(11(13)14)2-1-5(7)4-12/h1-4H. The number of rotatable bonds is 3. The lowest BCUT2D eigenvalue weighted by Crippen LogP contribution is -1.88. The Morgan fingerprint density at radius 3 is 2.79 bits per heavy atom. The van der Waals surface area contributed by atoms with E-state index in [1.54, 1.807) is 0 Å². The normalized spacial score (nSPS) is 8.86. The van der Waals surface area contributed by atoms with Crippen molar-refractivity contribution in [2.24, 2.45) is 5.11 Å². The van der Waals surface area contributed by atoms with Gasteiger partial charge in [0.15, 0.2) is 6.29 Å². The molecule has 1 rings (SSSR count). The van der Waals surface area contributed by atoms with Crippen LogP contribution in [-0.2, 0) is 0 Å². The summed E-state index contributed by atoms with van der Waals surface area (Å²) in [6, 6.07) is 3.44. The van der Waals surface area contributed by atoms with Gasteiger partial charge in [0.1, 0.15) is 0 Å². The number of aldehydes is 1. The topological polar surface area (TPSA) is 109 Å². The van der Waals surface area contributed by atoms with Crippen molar-refractivity contribution in [3.8, 4) is 0 Å². The molecule has 0 unspecified atom stereocenters. The highest BCUT2D eigenvalue weighted by molar-refractivity contribution is 5.83. The lowest BCUT2D eigenvalue weighted by Gasteiger charge is -1.96. The molecule has 0 aromatic heterocycles. The molecular formula is C7H4N4O3. The van der Waals surface area contributed by atoms with Crippen molar-refractivity contribution in [2.75, 3.05) is 0 Å².